The van der Waals surface area contributed by atoms with Gasteiger partial charge in [0.2, 0.25) is 0 Å². The van der Waals surface area contributed by atoms with Crippen LogP contribution in [-0.4, -0.2) is 28.8 Å². The number of rotatable bonds is 12. The Kier molecular flexibility index (Phi) is 13.3. The smallest absolute Gasteiger partial charge is 0.0614 e. The highest BCUT2D eigenvalue weighted by atomic mass is 32.2. The summed E-state index contributed by atoms with van der Waals surface area (Å²) in [4.78, 5) is 0. The summed E-state index contributed by atoms with van der Waals surface area (Å²) in [6, 6.07) is 0. The normalized spacial score (nSPS) is 20.3. The maximum Gasteiger partial charge on any atom is 0.0614 e. The minimum Gasteiger partial charge on any atom is -0.380 e. The molecule has 174 valence electrons. The summed E-state index contributed by atoms with van der Waals surface area (Å²) in [5.74, 6) is 6.15. The van der Waals surface area contributed by atoms with Crippen LogP contribution in [0.1, 0.15) is 107 Å². The van der Waals surface area contributed by atoms with Crippen LogP contribution in [-0.2, 0) is 4.74 Å². The predicted octanol–water partition coefficient (Wildman–Crippen LogP) is 8.91. The van der Waals surface area contributed by atoms with E-state index in [0.29, 0.717) is 9.49 Å². The zero-order valence-corrected chi connectivity index (χ0v) is 22.7. The first-order valence-electron chi connectivity index (χ1n) is 12.4. The van der Waals surface area contributed by atoms with Gasteiger partial charge in [0.25, 0.3) is 0 Å². The zero-order valence-electron chi connectivity index (χ0n) is 21.0. The quantitative estimate of drug-likeness (QED) is 0.297. The van der Waals surface area contributed by atoms with Crippen molar-refractivity contribution in [3.8, 4) is 0 Å². The molecule has 0 aromatic rings. The standard InChI is InChI=1S/C13H26O.C13H26S2/c1-11(2)5-7-13(9-14-10-13)8-6-12(3)4;1-11(2)6-5-7-13(10-12(3)4)14-8-9-15-13/h11-12H,5-10H2,1-4H3;11-12H,5-10H2,1-4H3. The van der Waals surface area contributed by atoms with Crippen molar-refractivity contribution in [1.29, 1.82) is 0 Å². The molecule has 2 aliphatic rings. The molecule has 2 heterocycles. The predicted molar refractivity (Wildman–Crippen MR) is 137 cm³/mol. The fraction of sp³-hybridized carbons (Fsp3) is 1.00. The van der Waals surface area contributed by atoms with Crippen molar-refractivity contribution in [3.63, 3.8) is 0 Å². The Labute approximate surface area is 192 Å². The molecule has 0 unspecified atom stereocenters. The highest BCUT2D eigenvalue weighted by molar-refractivity contribution is 8.21. The maximum atomic E-state index is 5.40. The Bertz CT molecular complexity index is 393. The van der Waals surface area contributed by atoms with E-state index in [1.165, 1.54) is 62.9 Å². The summed E-state index contributed by atoms with van der Waals surface area (Å²) in [6.07, 6.45) is 11.1. The molecule has 2 fully saturated rings. The number of hydrogen-bond donors (Lipinski definition) is 0. The van der Waals surface area contributed by atoms with Gasteiger partial charge < -0.3 is 4.74 Å². The molecular weight excluding hydrogens is 392 g/mol. The van der Waals surface area contributed by atoms with Crippen LogP contribution in [0, 0.1) is 29.1 Å². The molecule has 0 radical (unpaired) electrons. The van der Waals surface area contributed by atoms with Crippen LogP contribution in [0.25, 0.3) is 0 Å². The van der Waals surface area contributed by atoms with Crippen LogP contribution in [0.15, 0.2) is 0 Å². The van der Waals surface area contributed by atoms with E-state index in [9.17, 15) is 0 Å². The van der Waals surface area contributed by atoms with Crippen LogP contribution in [0.5, 0.6) is 0 Å². The molecule has 29 heavy (non-hydrogen) atoms. The Morgan fingerprint density at radius 2 is 1.14 bits per heavy atom. The fourth-order valence-corrected chi connectivity index (χ4v) is 7.98. The summed E-state index contributed by atoms with van der Waals surface area (Å²) in [5.41, 5.74) is 0.564. The Balaban J connectivity index is 0.000000291. The van der Waals surface area contributed by atoms with E-state index >= 15 is 0 Å². The van der Waals surface area contributed by atoms with E-state index in [1.54, 1.807) is 0 Å². The minimum atomic E-state index is 0.564. The van der Waals surface area contributed by atoms with E-state index in [-0.39, 0.29) is 0 Å². The molecule has 0 aromatic heterocycles. The lowest BCUT2D eigenvalue weighted by molar-refractivity contribution is -0.125. The SMILES string of the molecule is CC(C)CCC1(CCC(C)C)COC1.CC(C)CCCC1(CC(C)C)SCCS1. The molecule has 0 aromatic carbocycles. The number of thioether (sulfide) groups is 2. The van der Waals surface area contributed by atoms with Gasteiger partial charge in [-0.3, -0.25) is 0 Å². The van der Waals surface area contributed by atoms with E-state index in [2.05, 4.69) is 78.9 Å². The average Bonchev–Trinajstić information content (AvgIpc) is 3.01. The van der Waals surface area contributed by atoms with Gasteiger partial charge in [0, 0.05) is 16.9 Å². The first kappa shape index (κ1) is 27.7. The Hall–Kier alpha value is 0.660. The van der Waals surface area contributed by atoms with Gasteiger partial charge in [-0.15, -0.1) is 23.5 Å². The fourth-order valence-electron chi connectivity index (χ4n) is 4.26. The van der Waals surface area contributed by atoms with Gasteiger partial charge in [-0.05, 0) is 49.4 Å². The maximum absolute atomic E-state index is 5.40. The zero-order chi connectivity index (χ0) is 21.9. The molecule has 0 aliphatic carbocycles. The van der Waals surface area contributed by atoms with Gasteiger partial charge in [-0.1, -0.05) is 81.1 Å². The van der Waals surface area contributed by atoms with Crippen molar-refractivity contribution < 1.29 is 4.74 Å². The van der Waals surface area contributed by atoms with Crippen LogP contribution in [0.3, 0.4) is 0 Å². The molecule has 1 nitrogen and oxygen atoms in total. The lowest BCUT2D eigenvalue weighted by Crippen LogP contribution is -2.42. The molecule has 0 saturated carbocycles. The summed E-state index contributed by atoms with van der Waals surface area (Å²) >= 11 is 4.47. The largest absolute Gasteiger partial charge is 0.380 e. The molecule has 0 spiro atoms. The van der Waals surface area contributed by atoms with Crippen LogP contribution in [0.2, 0.25) is 0 Å². The topological polar surface area (TPSA) is 9.23 Å². The molecule has 0 N–H and O–H groups in total. The molecular formula is C26H52OS2. The minimum absolute atomic E-state index is 0.564. The Morgan fingerprint density at radius 1 is 0.655 bits per heavy atom. The van der Waals surface area contributed by atoms with Crippen molar-refractivity contribution in [3.05, 3.63) is 0 Å². The number of hydrogen-bond acceptors (Lipinski definition) is 3. The Morgan fingerprint density at radius 3 is 1.48 bits per heavy atom. The van der Waals surface area contributed by atoms with Crippen LogP contribution >= 0.6 is 23.5 Å². The monoisotopic (exact) mass is 444 g/mol. The van der Waals surface area contributed by atoms with E-state index < -0.39 is 0 Å². The second-order valence-electron chi connectivity index (χ2n) is 11.3. The average molecular weight is 445 g/mol. The lowest BCUT2D eigenvalue weighted by Gasteiger charge is -2.42. The highest BCUT2D eigenvalue weighted by Gasteiger charge is 2.37. The van der Waals surface area contributed by atoms with Gasteiger partial charge in [-0.2, -0.15) is 0 Å². The molecule has 2 aliphatic heterocycles. The van der Waals surface area contributed by atoms with Gasteiger partial charge in [0.1, 0.15) is 0 Å². The third-order valence-electron chi connectivity index (χ3n) is 6.19. The summed E-state index contributed by atoms with van der Waals surface area (Å²) < 4.78 is 5.99. The summed E-state index contributed by atoms with van der Waals surface area (Å²) in [5, 5.41) is 0. The molecule has 0 amide bonds. The van der Waals surface area contributed by atoms with Crippen LogP contribution in [0.4, 0.5) is 0 Å². The summed E-state index contributed by atoms with van der Waals surface area (Å²) in [7, 11) is 0. The summed E-state index contributed by atoms with van der Waals surface area (Å²) in [6.45, 7) is 20.7. The molecule has 0 atom stereocenters. The molecule has 0 bridgehead atoms. The van der Waals surface area contributed by atoms with Gasteiger partial charge >= 0.3 is 0 Å². The van der Waals surface area contributed by atoms with Gasteiger partial charge in [-0.25, -0.2) is 0 Å². The second kappa shape index (κ2) is 13.9. The van der Waals surface area contributed by atoms with Crippen molar-refractivity contribution in [2.75, 3.05) is 24.7 Å². The molecule has 2 rings (SSSR count). The van der Waals surface area contributed by atoms with Crippen molar-refractivity contribution in [1.82, 2.24) is 0 Å². The van der Waals surface area contributed by atoms with Gasteiger partial charge in [0.15, 0.2) is 0 Å². The molecule has 2 saturated heterocycles. The third kappa shape index (κ3) is 11.7. The molecule has 3 heteroatoms. The lowest BCUT2D eigenvalue weighted by atomic mass is 9.75. The first-order valence-corrected chi connectivity index (χ1v) is 14.4. The van der Waals surface area contributed by atoms with Gasteiger partial charge in [0.05, 0.1) is 17.3 Å². The van der Waals surface area contributed by atoms with E-state index in [1.807, 2.05) is 0 Å². The van der Waals surface area contributed by atoms with Crippen molar-refractivity contribution in [2.45, 2.75) is 111 Å². The number of ether oxygens (including phenoxy) is 1. The highest BCUT2D eigenvalue weighted by Crippen LogP contribution is 2.51. The van der Waals surface area contributed by atoms with Crippen LogP contribution < -0.4 is 0 Å². The second-order valence-corrected chi connectivity index (χ2v) is 14.6. The van der Waals surface area contributed by atoms with E-state index in [0.717, 1.165) is 36.9 Å². The third-order valence-corrected chi connectivity index (χ3v) is 9.77. The van der Waals surface area contributed by atoms with Crippen molar-refractivity contribution >= 4 is 23.5 Å². The first-order chi connectivity index (χ1) is 13.6. The van der Waals surface area contributed by atoms with E-state index in [4.69, 9.17) is 4.74 Å². The van der Waals surface area contributed by atoms with Crippen molar-refractivity contribution in [2.24, 2.45) is 29.1 Å².